The van der Waals surface area contributed by atoms with Crippen molar-refractivity contribution in [1.29, 1.82) is 0 Å². The standard InChI is InChI=1S/C22H35N/c1-3-16-13-17(4-2)18(14-16)15-23-21-11-7-5-9-19(21)20-10-6-8-12-22(20)23/h3-4,16-22H,1-2,5-15H2. The van der Waals surface area contributed by atoms with Crippen LogP contribution in [0.15, 0.2) is 25.3 Å². The van der Waals surface area contributed by atoms with Crippen molar-refractivity contribution in [2.24, 2.45) is 29.6 Å². The monoisotopic (exact) mass is 313 g/mol. The molecular formula is C22H35N. The maximum atomic E-state index is 4.15. The second kappa shape index (κ2) is 6.75. The van der Waals surface area contributed by atoms with E-state index in [-0.39, 0.29) is 0 Å². The topological polar surface area (TPSA) is 3.24 Å². The molecule has 0 amide bonds. The average Bonchev–Trinajstić information content (AvgIpc) is 3.15. The molecule has 4 fully saturated rings. The first-order chi connectivity index (χ1) is 11.3. The first-order valence-electron chi connectivity index (χ1n) is 10.3. The first kappa shape index (κ1) is 15.9. The molecule has 4 rings (SSSR count). The van der Waals surface area contributed by atoms with Crippen LogP contribution in [0.3, 0.4) is 0 Å². The fraction of sp³-hybridized carbons (Fsp3) is 0.818. The largest absolute Gasteiger partial charge is 0.297 e. The highest BCUT2D eigenvalue weighted by Crippen LogP contribution is 2.50. The lowest BCUT2D eigenvalue weighted by Crippen LogP contribution is -2.43. The summed E-state index contributed by atoms with van der Waals surface area (Å²) >= 11 is 0. The SMILES string of the molecule is C=CC1CC(C=C)C(CN2C3CCCCC3C3CCCCC32)C1. The van der Waals surface area contributed by atoms with Crippen molar-refractivity contribution in [2.45, 2.75) is 76.3 Å². The third-order valence-electron chi connectivity index (χ3n) is 7.83. The number of hydrogen-bond donors (Lipinski definition) is 0. The number of nitrogens with zero attached hydrogens (tertiary/aromatic N) is 1. The Hall–Kier alpha value is -0.560. The highest BCUT2D eigenvalue weighted by atomic mass is 15.2. The maximum absolute atomic E-state index is 4.15. The summed E-state index contributed by atoms with van der Waals surface area (Å²) in [6, 6.07) is 1.84. The molecule has 4 aliphatic rings. The molecule has 7 atom stereocenters. The Balaban J connectivity index is 1.52. The zero-order valence-electron chi connectivity index (χ0n) is 14.8. The van der Waals surface area contributed by atoms with E-state index in [1.165, 1.54) is 70.8 Å². The van der Waals surface area contributed by atoms with Gasteiger partial charge in [-0.2, -0.15) is 0 Å². The molecule has 0 aromatic rings. The summed E-state index contributed by atoms with van der Waals surface area (Å²) in [4.78, 5) is 3.03. The Labute approximate surface area is 143 Å². The lowest BCUT2D eigenvalue weighted by atomic mass is 9.73. The Morgan fingerprint density at radius 3 is 1.96 bits per heavy atom. The van der Waals surface area contributed by atoms with Crippen molar-refractivity contribution in [1.82, 2.24) is 4.90 Å². The van der Waals surface area contributed by atoms with Gasteiger partial charge in [-0.1, -0.05) is 37.8 Å². The van der Waals surface area contributed by atoms with Gasteiger partial charge in [0.05, 0.1) is 0 Å². The summed E-state index contributed by atoms with van der Waals surface area (Å²) in [6.45, 7) is 9.56. The molecule has 0 N–H and O–H groups in total. The van der Waals surface area contributed by atoms with Gasteiger partial charge in [0.2, 0.25) is 0 Å². The molecule has 0 radical (unpaired) electrons. The second-order valence-corrected chi connectivity index (χ2v) is 8.85. The fourth-order valence-electron chi connectivity index (χ4n) is 6.78. The van der Waals surface area contributed by atoms with Crippen LogP contribution < -0.4 is 0 Å². The lowest BCUT2D eigenvalue weighted by molar-refractivity contribution is 0.110. The van der Waals surface area contributed by atoms with Crippen molar-refractivity contribution < 1.29 is 0 Å². The summed E-state index contributed by atoms with van der Waals surface area (Å²) < 4.78 is 0. The van der Waals surface area contributed by atoms with Gasteiger partial charge in [0.1, 0.15) is 0 Å². The Kier molecular flexibility index (Phi) is 4.67. The van der Waals surface area contributed by atoms with Crippen LogP contribution in [0, 0.1) is 29.6 Å². The van der Waals surface area contributed by atoms with Crippen LogP contribution in [-0.2, 0) is 0 Å². The molecule has 3 saturated carbocycles. The van der Waals surface area contributed by atoms with Gasteiger partial charge in [-0.3, -0.25) is 4.90 Å². The number of rotatable bonds is 4. The molecule has 0 bridgehead atoms. The molecule has 0 aromatic heterocycles. The highest BCUT2D eigenvalue weighted by molar-refractivity contribution is 5.05. The van der Waals surface area contributed by atoms with Gasteiger partial charge < -0.3 is 0 Å². The molecule has 0 spiro atoms. The van der Waals surface area contributed by atoms with Gasteiger partial charge in [-0.15, -0.1) is 13.2 Å². The summed E-state index contributed by atoms with van der Waals surface area (Å²) in [5, 5.41) is 0. The van der Waals surface area contributed by atoms with Gasteiger partial charge >= 0.3 is 0 Å². The predicted molar refractivity (Wildman–Crippen MR) is 98.3 cm³/mol. The zero-order chi connectivity index (χ0) is 15.8. The van der Waals surface area contributed by atoms with Crippen LogP contribution in [-0.4, -0.2) is 23.5 Å². The Morgan fingerprint density at radius 2 is 1.39 bits per heavy atom. The summed E-state index contributed by atoms with van der Waals surface area (Å²) in [5.74, 6) is 4.36. The van der Waals surface area contributed by atoms with Gasteiger partial charge in [0.25, 0.3) is 0 Å². The predicted octanol–water partition coefficient (Wildman–Crippen LogP) is 5.43. The molecule has 128 valence electrons. The molecule has 1 aliphatic heterocycles. The minimum absolute atomic E-state index is 0.725. The number of hydrogen-bond acceptors (Lipinski definition) is 1. The molecule has 1 heteroatoms. The molecule has 0 aromatic carbocycles. The Bertz CT molecular complexity index is 419. The van der Waals surface area contributed by atoms with Crippen LogP contribution in [0.5, 0.6) is 0 Å². The van der Waals surface area contributed by atoms with Crippen LogP contribution in [0.25, 0.3) is 0 Å². The summed E-state index contributed by atoms with van der Waals surface area (Å²) in [6.07, 6.45) is 19.0. The first-order valence-corrected chi connectivity index (χ1v) is 10.3. The number of fused-ring (bicyclic) bond motifs is 3. The minimum Gasteiger partial charge on any atom is -0.297 e. The third kappa shape index (κ3) is 2.84. The van der Waals surface area contributed by atoms with Crippen molar-refractivity contribution >= 4 is 0 Å². The van der Waals surface area contributed by atoms with E-state index < -0.39 is 0 Å². The van der Waals surface area contributed by atoms with E-state index in [1.54, 1.807) is 0 Å². The molecule has 23 heavy (non-hydrogen) atoms. The van der Waals surface area contributed by atoms with Crippen molar-refractivity contribution in [2.75, 3.05) is 6.54 Å². The number of likely N-dealkylation sites (tertiary alicyclic amines) is 1. The fourth-order valence-corrected chi connectivity index (χ4v) is 6.78. The van der Waals surface area contributed by atoms with E-state index in [9.17, 15) is 0 Å². The van der Waals surface area contributed by atoms with Crippen LogP contribution in [0.4, 0.5) is 0 Å². The molecule has 1 nitrogen and oxygen atoms in total. The normalized spacial score (nSPS) is 47.0. The van der Waals surface area contributed by atoms with E-state index in [4.69, 9.17) is 0 Å². The van der Waals surface area contributed by atoms with Crippen molar-refractivity contribution in [3.05, 3.63) is 25.3 Å². The van der Waals surface area contributed by atoms with Crippen LogP contribution >= 0.6 is 0 Å². The number of allylic oxidation sites excluding steroid dienone is 2. The second-order valence-electron chi connectivity index (χ2n) is 8.85. The zero-order valence-corrected chi connectivity index (χ0v) is 14.8. The van der Waals surface area contributed by atoms with Gasteiger partial charge in [-0.05, 0) is 68.1 Å². The third-order valence-corrected chi connectivity index (χ3v) is 7.83. The lowest BCUT2D eigenvalue weighted by Gasteiger charge is -2.37. The molecule has 1 saturated heterocycles. The van der Waals surface area contributed by atoms with E-state index in [1.807, 2.05) is 0 Å². The van der Waals surface area contributed by atoms with Crippen LogP contribution in [0.2, 0.25) is 0 Å². The van der Waals surface area contributed by atoms with E-state index in [2.05, 4.69) is 30.2 Å². The summed E-state index contributed by atoms with van der Waals surface area (Å²) in [5.41, 5.74) is 0. The maximum Gasteiger partial charge on any atom is 0.0130 e. The van der Waals surface area contributed by atoms with Crippen molar-refractivity contribution in [3.63, 3.8) is 0 Å². The average molecular weight is 314 g/mol. The smallest absolute Gasteiger partial charge is 0.0130 e. The van der Waals surface area contributed by atoms with Crippen LogP contribution in [0.1, 0.15) is 64.2 Å². The van der Waals surface area contributed by atoms with E-state index in [0.29, 0.717) is 0 Å². The highest BCUT2D eigenvalue weighted by Gasteiger charge is 2.50. The Morgan fingerprint density at radius 1 is 0.783 bits per heavy atom. The van der Waals surface area contributed by atoms with Crippen molar-refractivity contribution in [3.8, 4) is 0 Å². The quantitative estimate of drug-likeness (QED) is 0.625. The van der Waals surface area contributed by atoms with E-state index in [0.717, 1.165) is 41.7 Å². The van der Waals surface area contributed by atoms with Gasteiger partial charge in [-0.25, -0.2) is 0 Å². The minimum atomic E-state index is 0.725. The molecule has 3 aliphatic carbocycles. The summed E-state index contributed by atoms with van der Waals surface area (Å²) in [7, 11) is 0. The molecule has 7 unspecified atom stereocenters. The van der Waals surface area contributed by atoms with E-state index >= 15 is 0 Å². The molecular weight excluding hydrogens is 278 g/mol. The van der Waals surface area contributed by atoms with Gasteiger partial charge in [0.15, 0.2) is 0 Å². The van der Waals surface area contributed by atoms with Gasteiger partial charge in [0, 0.05) is 18.6 Å². The molecule has 1 heterocycles.